The Morgan fingerprint density at radius 3 is 2.76 bits per heavy atom. The molecule has 0 spiro atoms. The van der Waals surface area contributed by atoms with E-state index in [0.717, 1.165) is 19.3 Å². The number of ether oxygens (including phenoxy) is 1. The molecule has 6 nitrogen and oxygen atoms in total. The number of hydrogen-bond donors (Lipinski definition) is 2. The molecule has 1 aliphatic heterocycles. The Bertz CT molecular complexity index is 545. The highest BCUT2D eigenvalue weighted by atomic mass is 16.5. The Morgan fingerprint density at radius 1 is 1.33 bits per heavy atom. The predicted molar refractivity (Wildman–Crippen MR) is 80.6 cm³/mol. The lowest BCUT2D eigenvalue weighted by Gasteiger charge is -2.35. The van der Waals surface area contributed by atoms with Crippen molar-refractivity contribution in [2.75, 3.05) is 25.1 Å². The van der Waals surface area contributed by atoms with Crippen LogP contribution in [0.5, 0.6) is 0 Å². The number of likely N-dealkylation sites (tertiary alicyclic amines) is 1. The van der Waals surface area contributed by atoms with Crippen LogP contribution in [-0.4, -0.2) is 36.5 Å². The summed E-state index contributed by atoms with van der Waals surface area (Å²) in [6.45, 7) is 0.629. The monoisotopic (exact) mass is 291 g/mol. The zero-order valence-corrected chi connectivity index (χ0v) is 12.2. The van der Waals surface area contributed by atoms with Crippen LogP contribution in [0.1, 0.15) is 36.0 Å². The van der Waals surface area contributed by atoms with Crippen molar-refractivity contribution < 1.29 is 14.3 Å². The van der Waals surface area contributed by atoms with Gasteiger partial charge in [-0.1, -0.05) is 0 Å². The van der Waals surface area contributed by atoms with E-state index in [-0.39, 0.29) is 24.3 Å². The zero-order chi connectivity index (χ0) is 15.4. The van der Waals surface area contributed by atoms with Gasteiger partial charge in [0, 0.05) is 24.0 Å². The number of amides is 1. The Kier molecular flexibility index (Phi) is 4.67. The van der Waals surface area contributed by atoms with Gasteiger partial charge < -0.3 is 21.1 Å². The fourth-order valence-corrected chi connectivity index (χ4v) is 2.69. The Morgan fingerprint density at radius 2 is 2.10 bits per heavy atom. The number of esters is 1. The van der Waals surface area contributed by atoms with E-state index < -0.39 is 0 Å². The summed E-state index contributed by atoms with van der Waals surface area (Å²) in [5, 5.41) is 0. The van der Waals surface area contributed by atoms with Crippen LogP contribution < -0.4 is 11.5 Å². The number of carbonyl (C=O) groups is 2. The van der Waals surface area contributed by atoms with Gasteiger partial charge in [-0.3, -0.25) is 9.59 Å². The number of piperidine rings is 1. The van der Waals surface area contributed by atoms with E-state index in [4.69, 9.17) is 16.2 Å². The molecule has 6 heteroatoms. The number of hydrogen-bond acceptors (Lipinski definition) is 5. The number of nitrogen functional groups attached to an aromatic ring is 2. The molecule has 21 heavy (non-hydrogen) atoms. The number of nitrogens with zero attached hydrogens (tertiary/aromatic N) is 1. The molecule has 1 aromatic carbocycles. The Labute approximate surface area is 124 Å². The van der Waals surface area contributed by atoms with Gasteiger partial charge >= 0.3 is 5.97 Å². The summed E-state index contributed by atoms with van der Waals surface area (Å²) in [5.74, 6) is -0.453. The van der Waals surface area contributed by atoms with Crippen molar-refractivity contribution in [3.05, 3.63) is 23.8 Å². The van der Waals surface area contributed by atoms with Gasteiger partial charge in [0.25, 0.3) is 5.91 Å². The van der Waals surface area contributed by atoms with Gasteiger partial charge in [0.2, 0.25) is 0 Å². The highest BCUT2D eigenvalue weighted by Crippen LogP contribution is 2.25. The smallest absolute Gasteiger partial charge is 0.307 e. The maximum Gasteiger partial charge on any atom is 0.307 e. The van der Waals surface area contributed by atoms with Gasteiger partial charge in [0.15, 0.2) is 0 Å². The average molecular weight is 291 g/mol. The third-order valence-electron chi connectivity index (χ3n) is 3.82. The normalized spacial score (nSPS) is 18.3. The molecular formula is C15H21N3O3. The molecule has 1 saturated heterocycles. The maximum absolute atomic E-state index is 12.7. The summed E-state index contributed by atoms with van der Waals surface area (Å²) in [7, 11) is 1.36. The lowest BCUT2D eigenvalue weighted by molar-refractivity contribution is -0.142. The van der Waals surface area contributed by atoms with Gasteiger partial charge in [0.05, 0.1) is 19.1 Å². The minimum absolute atomic E-state index is 0.129. The summed E-state index contributed by atoms with van der Waals surface area (Å²) < 4.78 is 4.71. The van der Waals surface area contributed by atoms with E-state index in [9.17, 15) is 9.59 Å². The lowest BCUT2D eigenvalue weighted by Crippen LogP contribution is -2.45. The van der Waals surface area contributed by atoms with Crippen LogP contribution in [0.25, 0.3) is 0 Å². The number of carbonyl (C=O) groups excluding carboxylic acids is 2. The summed E-state index contributed by atoms with van der Waals surface area (Å²) >= 11 is 0. The highest BCUT2D eigenvalue weighted by molar-refractivity contribution is 6.00. The van der Waals surface area contributed by atoms with Gasteiger partial charge in [-0.25, -0.2) is 0 Å². The molecule has 0 radical (unpaired) electrons. The molecule has 0 aliphatic carbocycles. The summed E-state index contributed by atoms with van der Waals surface area (Å²) in [4.78, 5) is 25.9. The second-order valence-corrected chi connectivity index (χ2v) is 5.28. The van der Waals surface area contributed by atoms with Gasteiger partial charge in [0.1, 0.15) is 0 Å². The van der Waals surface area contributed by atoms with Crippen molar-refractivity contribution in [1.29, 1.82) is 0 Å². The maximum atomic E-state index is 12.7. The number of anilines is 2. The number of rotatable bonds is 3. The van der Waals surface area contributed by atoms with E-state index in [1.807, 2.05) is 0 Å². The van der Waals surface area contributed by atoms with E-state index in [1.165, 1.54) is 7.11 Å². The first-order valence-corrected chi connectivity index (χ1v) is 7.05. The molecule has 1 amide bonds. The van der Waals surface area contributed by atoms with Crippen LogP contribution in [0.15, 0.2) is 18.2 Å². The fourth-order valence-electron chi connectivity index (χ4n) is 2.69. The van der Waals surface area contributed by atoms with Gasteiger partial charge in [-0.05, 0) is 37.5 Å². The molecule has 0 saturated carbocycles. The minimum Gasteiger partial charge on any atom is -0.469 e. The van der Waals surface area contributed by atoms with E-state index in [1.54, 1.807) is 23.1 Å². The summed E-state index contributed by atoms with van der Waals surface area (Å²) in [6.07, 6.45) is 2.95. The molecule has 1 aromatic rings. The quantitative estimate of drug-likeness (QED) is 0.648. The van der Waals surface area contributed by atoms with Crippen molar-refractivity contribution in [3.8, 4) is 0 Å². The highest BCUT2D eigenvalue weighted by Gasteiger charge is 2.30. The second kappa shape index (κ2) is 6.47. The van der Waals surface area contributed by atoms with Gasteiger partial charge in [-0.15, -0.1) is 0 Å². The van der Waals surface area contributed by atoms with E-state index in [0.29, 0.717) is 23.5 Å². The molecule has 1 unspecified atom stereocenters. The second-order valence-electron chi connectivity index (χ2n) is 5.28. The Hall–Kier alpha value is -2.24. The number of benzene rings is 1. The van der Waals surface area contributed by atoms with E-state index >= 15 is 0 Å². The third-order valence-corrected chi connectivity index (χ3v) is 3.82. The van der Waals surface area contributed by atoms with Crippen LogP contribution >= 0.6 is 0 Å². The van der Waals surface area contributed by atoms with Crippen molar-refractivity contribution in [2.24, 2.45) is 0 Å². The van der Waals surface area contributed by atoms with Crippen LogP contribution in [0.2, 0.25) is 0 Å². The molecule has 1 fully saturated rings. The van der Waals surface area contributed by atoms with Gasteiger partial charge in [-0.2, -0.15) is 0 Å². The third kappa shape index (κ3) is 3.45. The molecule has 1 aliphatic rings. The average Bonchev–Trinajstić information content (AvgIpc) is 2.47. The van der Waals surface area contributed by atoms with Crippen molar-refractivity contribution >= 4 is 23.3 Å². The molecule has 1 heterocycles. The first-order valence-electron chi connectivity index (χ1n) is 7.05. The molecule has 4 N–H and O–H groups in total. The minimum atomic E-state index is -0.301. The SMILES string of the molecule is COC(=O)CC1CCCCN1C(=O)c1ccc(N)cc1N. The molecular weight excluding hydrogens is 270 g/mol. The predicted octanol–water partition coefficient (Wildman–Crippen LogP) is 1.41. The Balaban J connectivity index is 2.20. The zero-order valence-electron chi connectivity index (χ0n) is 12.2. The summed E-state index contributed by atoms with van der Waals surface area (Å²) in [6, 6.07) is 4.74. The van der Waals surface area contributed by atoms with Crippen LogP contribution in [0.4, 0.5) is 11.4 Å². The molecule has 2 rings (SSSR count). The number of methoxy groups -OCH3 is 1. The topological polar surface area (TPSA) is 98.6 Å². The largest absolute Gasteiger partial charge is 0.469 e. The lowest BCUT2D eigenvalue weighted by atomic mass is 9.98. The van der Waals surface area contributed by atoms with Crippen molar-refractivity contribution in [2.45, 2.75) is 31.7 Å². The van der Waals surface area contributed by atoms with Crippen LogP contribution in [0, 0.1) is 0 Å². The molecule has 114 valence electrons. The van der Waals surface area contributed by atoms with Crippen molar-refractivity contribution in [3.63, 3.8) is 0 Å². The van der Waals surface area contributed by atoms with Crippen molar-refractivity contribution in [1.82, 2.24) is 4.90 Å². The first-order chi connectivity index (χ1) is 10.0. The standard InChI is InChI=1S/C15H21N3O3/c1-21-14(19)9-11-4-2-3-7-18(11)15(20)12-6-5-10(16)8-13(12)17/h5-6,8,11H,2-4,7,9,16-17H2,1H3. The summed E-state index contributed by atoms with van der Waals surface area (Å²) in [5.41, 5.74) is 12.9. The van der Waals surface area contributed by atoms with Crippen LogP contribution in [-0.2, 0) is 9.53 Å². The molecule has 1 atom stereocenters. The number of nitrogens with two attached hydrogens (primary N) is 2. The molecule has 0 bridgehead atoms. The molecule has 0 aromatic heterocycles. The van der Waals surface area contributed by atoms with E-state index in [2.05, 4.69) is 0 Å². The first kappa shape index (κ1) is 15.2. The fraction of sp³-hybridized carbons (Fsp3) is 0.467. The van der Waals surface area contributed by atoms with Crippen LogP contribution in [0.3, 0.4) is 0 Å².